The first kappa shape index (κ1) is 13.6. The molecule has 1 aromatic carbocycles. The number of hydrogen-bond donors (Lipinski definition) is 1. The van der Waals surface area contributed by atoms with Crippen molar-refractivity contribution in [2.24, 2.45) is 5.92 Å². The third-order valence-electron chi connectivity index (χ3n) is 4.25. The fourth-order valence-electron chi connectivity index (χ4n) is 3.18. The molecule has 0 spiro atoms. The molecule has 100 valence electrons. The van der Waals surface area contributed by atoms with Crippen molar-refractivity contribution in [3.8, 4) is 0 Å². The van der Waals surface area contributed by atoms with Crippen molar-refractivity contribution in [1.82, 2.24) is 10.2 Å². The topological polar surface area (TPSA) is 15.3 Å². The molecule has 0 saturated carbocycles. The van der Waals surface area contributed by atoms with Crippen LogP contribution in [0.1, 0.15) is 38.3 Å². The molecule has 2 heteroatoms. The molecule has 0 radical (unpaired) electrons. The third kappa shape index (κ3) is 3.12. The lowest BCUT2D eigenvalue weighted by atomic mass is 9.94. The van der Waals surface area contributed by atoms with Crippen molar-refractivity contribution in [1.29, 1.82) is 0 Å². The lowest BCUT2D eigenvalue weighted by Crippen LogP contribution is -2.36. The highest BCUT2D eigenvalue weighted by Gasteiger charge is 2.25. The zero-order valence-corrected chi connectivity index (χ0v) is 11.9. The van der Waals surface area contributed by atoms with Gasteiger partial charge in [0.2, 0.25) is 0 Å². The average Bonchev–Trinajstić information content (AvgIpc) is 2.77. The normalized spacial score (nSPS) is 24.1. The number of nitrogens with zero attached hydrogens (tertiary/aromatic N) is 1. The van der Waals surface area contributed by atoms with Crippen LogP contribution in [-0.2, 0) is 0 Å². The van der Waals surface area contributed by atoms with Crippen LogP contribution in [0.5, 0.6) is 0 Å². The van der Waals surface area contributed by atoms with Gasteiger partial charge in [0.25, 0.3) is 0 Å². The van der Waals surface area contributed by atoms with Crippen LogP contribution >= 0.6 is 0 Å². The van der Waals surface area contributed by atoms with Crippen molar-refractivity contribution in [2.45, 2.75) is 38.8 Å². The highest BCUT2D eigenvalue weighted by molar-refractivity contribution is 5.19. The van der Waals surface area contributed by atoms with Crippen molar-refractivity contribution >= 4 is 0 Å². The molecule has 3 atom stereocenters. The fraction of sp³-hybridized carbons (Fsp3) is 0.625. The summed E-state index contributed by atoms with van der Waals surface area (Å²) in [5.74, 6) is 0.637. The minimum absolute atomic E-state index is 0.457. The van der Waals surface area contributed by atoms with Crippen LogP contribution in [0.4, 0.5) is 0 Å². The van der Waals surface area contributed by atoms with Crippen LogP contribution in [0.3, 0.4) is 0 Å². The summed E-state index contributed by atoms with van der Waals surface area (Å²) in [6.07, 6.45) is 2.73. The van der Waals surface area contributed by atoms with E-state index in [1.54, 1.807) is 0 Å². The number of nitrogens with one attached hydrogen (secondary N) is 1. The van der Waals surface area contributed by atoms with Gasteiger partial charge in [0.1, 0.15) is 0 Å². The van der Waals surface area contributed by atoms with Gasteiger partial charge in [-0.1, -0.05) is 37.3 Å². The molecule has 1 N–H and O–H groups in total. The molecule has 1 aliphatic heterocycles. The van der Waals surface area contributed by atoms with Crippen molar-refractivity contribution in [2.75, 3.05) is 20.1 Å². The second kappa shape index (κ2) is 6.35. The fourth-order valence-corrected chi connectivity index (χ4v) is 3.18. The molecule has 18 heavy (non-hydrogen) atoms. The van der Waals surface area contributed by atoms with Gasteiger partial charge in [-0.05, 0) is 44.8 Å². The number of benzene rings is 1. The molecule has 1 unspecified atom stereocenters. The van der Waals surface area contributed by atoms with E-state index >= 15 is 0 Å². The molecule has 1 aromatic rings. The molecular weight excluding hydrogens is 220 g/mol. The highest BCUT2D eigenvalue weighted by atomic mass is 15.2. The second-order valence-corrected chi connectivity index (χ2v) is 5.64. The van der Waals surface area contributed by atoms with Crippen LogP contribution in [0, 0.1) is 5.92 Å². The van der Waals surface area contributed by atoms with E-state index in [1.165, 1.54) is 31.5 Å². The molecule has 1 fully saturated rings. The smallest absolute Gasteiger partial charge is 0.0355 e. The number of rotatable bonds is 5. The van der Waals surface area contributed by atoms with Gasteiger partial charge in [0.15, 0.2) is 0 Å². The Labute approximate surface area is 111 Å². The largest absolute Gasteiger partial charge is 0.313 e. The van der Waals surface area contributed by atoms with Crippen molar-refractivity contribution < 1.29 is 0 Å². The molecule has 1 heterocycles. The van der Waals surface area contributed by atoms with Gasteiger partial charge in [0, 0.05) is 18.6 Å². The van der Waals surface area contributed by atoms with Crippen molar-refractivity contribution in [3.63, 3.8) is 0 Å². The monoisotopic (exact) mass is 246 g/mol. The summed E-state index contributed by atoms with van der Waals surface area (Å²) in [6.45, 7) is 7.19. The molecule has 0 amide bonds. The Morgan fingerprint density at radius 3 is 2.61 bits per heavy atom. The first-order chi connectivity index (χ1) is 8.72. The van der Waals surface area contributed by atoms with E-state index in [2.05, 4.69) is 61.4 Å². The molecule has 0 bridgehead atoms. The quantitative estimate of drug-likeness (QED) is 0.859. The first-order valence-electron chi connectivity index (χ1n) is 7.18. The summed E-state index contributed by atoms with van der Waals surface area (Å²) < 4.78 is 0. The van der Waals surface area contributed by atoms with Crippen LogP contribution < -0.4 is 5.32 Å². The van der Waals surface area contributed by atoms with Crippen molar-refractivity contribution in [3.05, 3.63) is 35.9 Å². The zero-order valence-electron chi connectivity index (χ0n) is 11.9. The summed E-state index contributed by atoms with van der Waals surface area (Å²) >= 11 is 0. The van der Waals surface area contributed by atoms with Crippen LogP contribution in [-0.4, -0.2) is 31.1 Å². The summed E-state index contributed by atoms with van der Waals surface area (Å²) in [5, 5.41) is 3.48. The van der Waals surface area contributed by atoms with E-state index in [0.29, 0.717) is 12.0 Å². The van der Waals surface area contributed by atoms with Gasteiger partial charge < -0.3 is 10.2 Å². The predicted molar refractivity (Wildman–Crippen MR) is 77.7 cm³/mol. The summed E-state index contributed by atoms with van der Waals surface area (Å²) in [6, 6.07) is 12.0. The van der Waals surface area contributed by atoms with E-state index < -0.39 is 0 Å². The van der Waals surface area contributed by atoms with E-state index in [9.17, 15) is 0 Å². The van der Waals surface area contributed by atoms with Gasteiger partial charge in [-0.3, -0.25) is 0 Å². The lowest BCUT2D eigenvalue weighted by molar-refractivity contribution is 0.209. The summed E-state index contributed by atoms with van der Waals surface area (Å²) in [4.78, 5) is 2.64. The molecule has 1 saturated heterocycles. The van der Waals surface area contributed by atoms with E-state index in [-0.39, 0.29) is 0 Å². The van der Waals surface area contributed by atoms with Crippen LogP contribution in [0.25, 0.3) is 0 Å². The minimum Gasteiger partial charge on any atom is -0.313 e. The Balaban J connectivity index is 1.99. The molecule has 2 rings (SSSR count). The Morgan fingerprint density at radius 2 is 2.06 bits per heavy atom. The molecular formula is C16H26N2. The Hall–Kier alpha value is -0.860. The van der Waals surface area contributed by atoms with Gasteiger partial charge in [-0.25, -0.2) is 0 Å². The van der Waals surface area contributed by atoms with Crippen LogP contribution in [0.2, 0.25) is 0 Å². The lowest BCUT2D eigenvalue weighted by Gasteiger charge is -2.30. The Bertz CT molecular complexity index is 349. The second-order valence-electron chi connectivity index (χ2n) is 5.64. The maximum absolute atomic E-state index is 3.48. The maximum Gasteiger partial charge on any atom is 0.0355 e. The predicted octanol–water partition coefficient (Wildman–Crippen LogP) is 3.07. The van der Waals surface area contributed by atoms with E-state index in [0.717, 1.165) is 6.04 Å². The van der Waals surface area contributed by atoms with Crippen LogP contribution in [0.15, 0.2) is 30.3 Å². The van der Waals surface area contributed by atoms with Gasteiger partial charge in [0.05, 0.1) is 0 Å². The van der Waals surface area contributed by atoms with Gasteiger partial charge in [-0.2, -0.15) is 0 Å². The molecule has 0 aromatic heterocycles. The SMILES string of the molecule is CNC(c1ccccc1)[C@@H](C)CN1CCC[C@H]1C. The maximum atomic E-state index is 3.48. The molecule has 2 nitrogen and oxygen atoms in total. The third-order valence-corrected chi connectivity index (χ3v) is 4.25. The standard InChI is InChI=1S/C16H26N2/c1-13(12-18-11-7-8-14(18)2)16(17-3)15-9-5-4-6-10-15/h4-6,9-10,13-14,16-17H,7-8,11-12H2,1-3H3/t13-,14+,16?/m0/s1. The zero-order chi connectivity index (χ0) is 13.0. The minimum atomic E-state index is 0.457. The average molecular weight is 246 g/mol. The molecule has 0 aliphatic carbocycles. The summed E-state index contributed by atoms with van der Waals surface area (Å²) in [7, 11) is 2.07. The highest BCUT2D eigenvalue weighted by Crippen LogP contribution is 2.25. The summed E-state index contributed by atoms with van der Waals surface area (Å²) in [5.41, 5.74) is 1.40. The first-order valence-corrected chi connectivity index (χ1v) is 7.18. The Kier molecular flexibility index (Phi) is 4.79. The van der Waals surface area contributed by atoms with E-state index in [4.69, 9.17) is 0 Å². The molecule has 1 aliphatic rings. The van der Waals surface area contributed by atoms with Gasteiger partial charge in [-0.15, -0.1) is 0 Å². The van der Waals surface area contributed by atoms with Gasteiger partial charge >= 0.3 is 0 Å². The number of likely N-dealkylation sites (tertiary alicyclic amines) is 1. The van der Waals surface area contributed by atoms with E-state index in [1.807, 2.05) is 0 Å². The number of hydrogen-bond acceptors (Lipinski definition) is 2. The Morgan fingerprint density at radius 1 is 1.33 bits per heavy atom.